The first-order valence-corrected chi connectivity index (χ1v) is 5.53. The monoisotopic (exact) mass is 220 g/mol. The topological polar surface area (TPSA) is 34.1 Å². The Kier molecular flexibility index (Phi) is 4.99. The number of ether oxygens (including phenoxy) is 1. The van der Waals surface area contributed by atoms with Crippen molar-refractivity contribution in [2.45, 2.75) is 26.8 Å². The zero-order valence-electron chi connectivity index (χ0n) is 10.4. The summed E-state index contributed by atoms with van der Waals surface area (Å²) in [6.45, 7) is 7.25. The van der Waals surface area contributed by atoms with Crippen molar-refractivity contribution in [3.05, 3.63) is 29.5 Å². The Morgan fingerprint density at radius 1 is 1.50 bits per heavy atom. The van der Waals surface area contributed by atoms with Gasteiger partial charge in [-0.05, 0) is 19.1 Å². The maximum atomic E-state index is 5.08. The second-order valence-corrected chi connectivity index (χ2v) is 4.13. The van der Waals surface area contributed by atoms with Crippen LogP contribution in [0.1, 0.15) is 26.5 Å². The SMILES string of the molecule is COc1cccc(/C=C(/C)CNC(C)C)n1. The van der Waals surface area contributed by atoms with E-state index in [1.54, 1.807) is 7.11 Å². The normalized spacial score (nSPS) is 11.9. The van der Waals surface area contributed by atoms with Crippen molar-refractivity contribution in [3.8, 4) is 5.88 Å². The predicted molar refractivity (Wildman–Crippen MR) is 67.6 cm³/mol. The Labute approximate surface area is 97.5 Å². The number of pyridine rings is 1. The molecule has 1 aromatic rings. The summed E-state index contributed by atoms with van der Waals surface area (Å²) < 4.78 is 5.08. The van der Waals surface area contributed by atoms with Crippen LogP contribution in [0.15, 0.2) is 23.8 Å². The Bertz CT molecular complexity index is 359. The van der Waals surface area contributed by atoms with Crippen molar-refractivity contribution in [1.29, 1.82) is 0 Å². The highest BCUT2D eigenvalue weighted by atomic mass is 16.5. The first kappa shape index (κ1) is 12.7. The highest BCUT2D eigenvalue weighted by molar-refractivity contribution is 5.49. The summed E-state index contributed by atoms with van der Waals surface area (Å²) in [6, 6.07) is 6.27. The van der Waals surface area contributed by atoms with Gasteiger partial charge in [0, 0.05) is 18.7 Å². The highest BCUT2D eigenvalue weighted by Gasteiger charge is 1.97. The van der Waals surface area contributed by atoms with E-state index in [2.05, 4.69) is 37.1 Å². The third kappa shape index (κ3) is 4.45. The molecule has 1 rings (SSSR count). The zero-order valence-corrected chi connectivity index (χ0v) is 10.4. The summed E-state index contributed by atoms with van der Waals surface area (Å²) in [5.41, 5.74) is 2.19. The number of rotatable bonds is 5. The molecule has 0 saturated heterocycles. The second-order valence-electron chi connectivity index (χ2n) is 4.13. The summed E-state index contributed by atoms with van der Waals surface area (Å²) in [5, 5.41) is 3.37. The number of nitrogens with one attached hydrogen (secondary N) is 1. The van der Waals surface area contributed by atoms with E-state index in [0.717, 1.165) is 12.2 Å². The van der Waals surface area contributed by atoms with Crippen LogP contribution in [0, 0.1) is 0 Å². The third-order valence-electron chi connectivity index (χ3n) is 2.14. The first-order valence-electron chi connectivity index (χ1n) is 5.53. The molecule has 0 aliphatic heterocycles. The maximum Gasteiger partial charge on any atom is 0.213 e. The molecule has 0 aromatic carbocycles. The predicted octanol–water partition coefficient (Wildman–Crippen LogP) is 2.49. The van der Waals surface area contributed by atoms with Crippen molar-refractivity contribution in [3.63, 3.8) is 0 Å². The van der Waals surface area contributed by atoms with Crippen LogP contribution in [0.5, 0.6) is 5.88 Å². The summed E-state index contributed by atoms with van der Waals surface area (Å²) >= 11 is 0. The van der Waals surface area contributed by atoms with Crippen molar-refractivity contribution in [1.82, 2.24) is 10.3 Å². The zero-order chi connectivity index (χ0) is 12.0. The molecule has 0 aliphatic carbocycles. The van der Waals surface area contributed by atoms with Gasteiger partial charge in [0.25, 0.3) is 0 Å². The van der Waals surface area contributed by atoms with Crippen LogP contribution in [0.3, 0.4) is 0 Å². The molecule has 0 atom stereocenters. The lowest BCUT2D eigenvalue weighted by molar-refractivity contribution is 0.397. The molecular weight excluding hydrogens is 200 g/mol. The minimum Gasteiger partial charge on any atom is -0.481 e. The third-order valence-corrected chi connectivity index (χ3v) is 2.14. The molecule has 1 N–H and O–H groups in total. The molecule has 0 spiro atoms. The molecule has 0 saturated carbocycles. The number of nitrogens with zero attached hydrogens (tertiary/aromatic N) is 1. The smallest absolute Gasteiger partial charge is 0.213 e. The van der Waals surface area contributed by atoms with E-state index >= 15 is 0 Å². The van der Waals surface area contributed by atoms with Crippen LogP contribution in [-0.4, -0.2) is 24.7 Å². The number of hydrogen-bond acceptors (Lipinski definition) is 3. The Balaban J connectivity index is 2.65. The number of methoxy groups -OCH3 is 1. The van der Waals surface area contributed by atoms with E-state index in [-0.39, 0.29) is 0 Å². The van der Waals surface area contributed by atoms with Crippen LogP contribution in [0.4, 0.5) is 0 Å². The van der Waals surface area contributed by atoms with Gasteiger partial charge in [0.15, 0.2) is 0 Å². The molecule has 0 bridgehead atoms. The molecule has 1 heterocycles. The average molecular weight is 220 g/mol. The lowest BCUT2D eigenvalue weighted by atomic mass is 10.2. The fraction of sp³-hybridized carbons (Fsp3) is 0.462. The van der Waals surface area contributed by atoms with Gasteiger partial charge >= 0.3 is 0 Å². The minimum absolute atomic E-state index is 0.501. The van der Waals surface area contributed by atoms with Gasteiger partial charge in [-0.25, -0.2) is 4.98 Å². The van der Waals surface area contributed by atoms with E-state index < -0.39 is 0 Å². The first-order chi connectivity index (χ1) is 7.61. The van der Waals surface area contributed by atoms with Gasteiger partial charge in [0.05, 0.1) is 12.8 Å². The van der Waals surface area contributed by atoms with Gasteiger partial charge in [-0.2, -0.15) is 0 Å². The largest absolute Gasteiger partial charge is 0.481 e. The fourth-order valence-corrected chi connectivity index (χ4v) is 1.29. The van der Waals surface area contributed by atoms with Crippen molar-refractivity contribution >= 4 is 6.08 Å². The van der Waals surface area contributed by atoms with Gasteiger partial charge in [-0.3, -0.25) is 0 Å². The van der Waals surface area contributed by atoms with E-state index in [1.807, 2.05) is 18.2 Å². The standard InChI is InChI=1S/C13H20N2O/c1-10(2)14-9-11(3)8-12-6-5-7-13(15-12)16-4/h5-8,10,14H,9H2,1-4H3/b11-8-. The Hall–Kier alpha value is -1.35. The van der Waals surface area contributed by atoms with Crippen molar-refractivity contribution < 1.29 is 4.74 Å². The van der Waals surface area contributed by atoms with E-state index in [9.17, 15) is 0 Å². The Morgan fingerprint density at radius 2 is 2.25 bits per heavy atom. The molecule has 3 nitrogen and oxygen atoms in total. The summed E-state index contributed by atoms with van der Waals surface area (Å²) in [6.07, 6.45) is 2.07. The molecule has 1 aromatic heterocycles. The van der Waals surface area contributed by atoms with Gasteiger partial charge in [0.1, 0.15) is 0 Å². The van der Waals surface area contributed by atoms with E-state index in [4.69, 9.17) is 4.74 Å². The van der Waals surface area contributed by atoms with Gasteiger partial charge in [-0.15, -0.1) is 0 Å². The quantitative estimate of drug-likeness (QED) is 0.827. The van der Waals surface area contributed by atoms with Crippen LogP contribution in [-0.2, 0) is 0 Å². The molecule has 0 radical (unpaired) electrons. The van der Waals surface area contributed by atoms with Crippen LogP contribution < -0.4 is 10.1 Å². The fourth-order valence-electron chi connectivity index (χ4n) is 1.29. The lowest BCUT2D eigenvalue weighted by Gasteiger charge is -2.08. The van der Waals surface area contributed by atoms with Gasteiger partial charge in [0.2, 0.25) is 5.88 Å². The molecule has 16 heavy (non-hydrogen) atoms. The van der Waals surface area contributed by atoms with Gasteiger partial charge in [-0.1, -0.05) is 25.5 Å². The highest BCUT2D eigenvalue weighted by Crippen LogP contribution is 2.09. The van der Waals surface area contributed by atoms with Crippen LogP contribution in [0.2, 0.25) is 0 Å². The molecular formula is C13H20N2O. The summed E-state index contributed by atoms with van der Waals surface area (Å²) in [5.74, 6) is 0.651. The van der Waals surface area contributed by atoms with E-state index in [0.29, 0.717) is 11.9 Å². The lowest BCUT2D eigenvalue weighted by Crippen LogP contribution is -2.24. The van der Waals surface area contributed by atoms with Gasteiger partial charge < -0.3 is 10.1 Å². The summed E-state index contributed by atoms with van der Waals surface area (Å²) in [4.78, 5) is 4.33. The van der Waals surface area contributed by atoms with Crippen LogP contribution >= 0.6 is 0 Å². The van der Waals surface area contributed by atoms with Crippen molar-refractivity contribution in [2.75, 3.05) is 13.7 Å². The minimum atomic E-state index is 0.501. The molecule has 0 aliphatic rings. The molecule has 88 valence electrons. The number of hydrogen-bond donors (Lipinski definition) is 1. The Morgan fingerprint density at radius 3 is 2.88 bits per heavy atom. The maximum absolute atomic E-state index is 5.08. The van der Waals surface area contributed by atoms with Crippen LogP contribution in [0.25, 0.3) is 6.08 Å². The number of aromatic nitrogens is 1. The van der Waals surface area contributed by atoms with E-state index in [1.165, 1.54) is 5.57 Å². The second kappa shape index (κ2) is 6.28. The van der Waals surface area contributed by atoms with Crippen molar-refractivity contribution in [2.24, 2.45) is 0 Å². The average Bonchev–Trinajstić information content (AvgIpc) is 2.26. The molecule has 0 amide bonds. The molecule has 0 unspecified atom stereocenters. The molecule has 0 fully saturated rings. The molecule has 3 heteroatoms. The summed E-state index contributed by atoms with van der Waals surface area (Å²) in [7, 11) is 1.63.